The Kier molecular flexibility index (Phi) is 6.86. The van der Waals surface area contributed by atoms with E-state index >= 15 is 0 Å². The predicted octanol–water partition coefficient (Wildman–Crippen LogP) is 3.43. The molecule has 1 unspecified atom stereocenters. The molecule has 0 N–H and O–H groups in total. The van der Waals surface area contributed by atoms with Gasteiger partial charge in [0.1, 0.15) is 0 Å². The van der Waals surface area contributed by atoms with Crippen LogP contribution in [0.3, 0.4) is 0 Å². The van der Waals surface area contributed by atoms with Crippen molar-refractivity contribution in [2.24, 2.45) is 5.92 Å². The van der Waals surface area contributed by atoms with Gasteiger partial charge in [-0.05, 0) is 31.6 Å². The van der Waals surface area contributed by atoms with Crippen LogP contribution in [0.1, 0.15) is 51.9 Å². The van der Waals surface area contributed by atoms with E-state index in [1.807, 2.05) is 0 Å². The van der Waals surface area contributed by atoms with Crippen LogP contribution in [0.4, 0.5) is 0 Å². The smallest absolute Gasteiger partial charge is 0.222 e. The van der Waals surface area contributed by atoms with Crippen LogP contribution >= 0.6 is 11.6 Å². The number of halogens is 1. The van der Waals surface area contributed by atoms with E-state index in [4.69, 9.17) is 11.6 Å². The lowest BCUT2D eigenvalue weighted by Gasteiger charge is -2.26. The summed E-state index contributed by atoms with van der Waals surface area (Å²) < 4.78 is 0. The molecule has 0 aromatic rings. The molecule has 1 saturated heterocycles. The van der Waals surface area contributed by atoms with Crippen molar-refractivity contribution >= 4 is 17.5 Å². The summed E-state index contributed by atoms with van der Waals surface area (Å²) in [5, 5.41) is 0. The third-order valence-corrected chi connectivity index (χ3v) is 3.63. The molecular formula is C13H24ClNO. The Morgan fingerprint density at radius 1 is 1.25 bits per heavy atom. The van der Waals surface area contributed by atoms with Gasteiger partial charge in [-0.3, -0.25) is 4.79 Å². The number of carbonyl (C=O) groups is 1. The molecule has 0 radical (unpaired) electrons. The topological polar surface area (TPSA) is 20.3 Å². The number of amides is 1. The second-order valence-electron chi connectivity index (χ2n) is 4.92. The number of nitrogens with zero attached hydrogens (tertiary/aromatic N) is 1. The van der Waals surface area contributed by atoms with Crippen molar-refractivity contribution in [3.63, 3.8) is 0 Å². The number of hydrogen-bond donors (Lipinski definition) is 0. The van der Waals surface area contributed by atoms with E-state index in [-0.39, 0.29) is 0 Å². The van der Waals surface area contributed by atoms with Gasteiger partial charge in [0, 0.05) is 25.4 Å². The lowest BCUT2D eigenvalue weighted by atomic mass is 10.0. The third-order valence-electron chi connectivity index (χ3n) is 3.42. The summed E-state index contributed by atoms with van der Waals surface area (Å²) in [5.74, 6) is 1.73. The molecular weight excluding hydrogens is 222 g/mol. The van der Waals surface area contributed by atoms with Crippen molar-refractivity contribution in [3.8, 4) is 0 Å². The van der Waals surface area contributed by atoms with Crippen molar-refractivity contribution in [2.75, 3.05) is 19.0 Å². The highest BCUT2D eigenvalue weighted by Gasteiger charge is 2.15. The molecule has 0 aliphatic carbocycles. The first-order valence-corrected chi connectivity index (χ1v) is 7.11. The van der Waals surface area contributed by atoms with Crippen LogP contribution in [0.5, 0.6) is 0 Å². The maximum atomic E-state index is 11.8. The zero-order valence-corrected chi connectivity index (χ0v) is 11.1. The van der Waals surface area contributed by atoms with Gasteiger partial charge in [-0.2, -0.15) is 0 Å². The first kappa shape index (κ1) is 13.8. The molecule has 1 rings (SSSR count). The molecule has 0 saturated carbocycles. The van der Waals surface area contributed by atoms with Gasteiger partial charge in [0.15, 0.2) is 0 Å². The fourth-order valence-electron chi connectivity index (χ4n) is 2.16. The van der Waals surface area contributed by atoms with Gasteiger partial charge in [-0.25, -0.2) is 0 Å². The normalized spacial score (nSPS) is 20.4. The van der Waals surface area contributed by atoms with Gasteiger partial charge < -0.3 is 4.90 Å². The zero-order valence-electron chi connectivity index (χ0n) is 10.4. The van der Waals surface area contributed by atoms with E-state index in [9.17, 15) is 4.79 Å². The molecule has 0 aromatic carbocycles. The van der Waals surface area contributed by atoms with Crippen LogP contribution < -0.4 is 0 Å². The van der Waals surface area contributed by atoms with E-state index in [1.54, 1.807) is 0 Å². The molecule has 94 valence electrons. The second-order valence-corrected chi connectivity index (χ2v) is 5.29. The Bertz CT molecular complexity index is 208. The van der Waals surface area contributed by atoms with E-state index in [0.29, 0.717) is 11.8 Å². The maximum Gasteiger partial charge on any atom is 0.222 e. The number of carbonyl (C=O) groups excluding carboxylic acids is 1. The Balaban J connectivity index is 2.28. The number of likely N-dealkylation sites (tertiary alicyclic amines) is 1. The van der Waals surface area contributed by atoms with Crippen molar-refractivity contribution < 1.29 is 4.79 Å². The highest BCUT2D eigenvalue weighted by Crippen LogP contribution is 2.14. The Hall–Kier alpha value is -0.240. The van der Waals surface area contributed by atoms with Crippen molar-refractivity contribution in [1.29, 1.82) is 0 Å². The average Bonchev–Trinajstić information content (AvgIpc) is 2.23. The van der Waals surface area contributed by atoms with Crippen LogP contribution in [0, 0.1) is 5.92 Å². The largest absolute Gasteiger partial charge is 0.343 e. The lowest BCUT2D eigenvalue weighted by Crippen LogP contribution is -2.34. The molecule has 0 spiro atoms. The molecule has 2 nitrogen and oxygen atoms in total. The van der Waals surface area contributed by atoms with Crippen molar-refractivity contribution in [2.45, 2.75) is 51.9 Å². The summed E-state index contributed by atoms with van der Waals surface area (Å²) >= 11 is 5.71. The van der Waals surface area contributed by atoms with E-state index < -0.39 is 0 Å². The summed E-state index contributed by atoms with van der Waals surface area (Å²) in [6.07, 6.45) is 7.66. The van der Waals surface area contributed by atoms with Crippen molar-refractivity contribution in [3.05, 3.63) is 0 Å². The molecule has 0 bridgehead atoms. The van der Waals surface area contributed by atoms with Crippen molar-refractivity contribution in [1.82, 2.24) is 4.90 Å². The molecule has 1 heterocycles. The summed E-state index contributed by atoms with van der Waals surface area (Å²) in [6.45, 7) is 4.11. The van der Waals surface area contributed by atoms with Crippen LogP contribution in [0.15, 0.2) is 0 Å². The number of alkyl halides is 1. The summed E-state index contributed by atoms with van der Waals surface area (Å²) in [5.41, 5.74) is 0. The maximum absolute atomic E-state index is 11.8. The second kappa shape index (κ2) is 7.94. The first-order chi connectivity index (χ1) is 7.74. The fourth-order valence-corrected chi connectivity index (χ4v) is 2.53. The van der Waals surface area contributed by atoms with Crippen LogP contribution in [-0.4, -0.2) is 29.8 Å². The minimum Gasteiger partial charge on any atom is -0.343 e. The molecule has 0 aromatic heterocycles. The highest BCUT2D eigenvalue weighted by atomic mass is 35.5. The van der Waals surface area contributed by atoms with Gasteiger partial charge >= 0.3 is 0 Å². The quantitative estimate of drug-likeness (QED) is 0.680. The summed E-state index contributed by atoms with van der Waals surface area (Å²) in [6, 6.07) is 0. The van der Waals surface area contributed by atoms with Gasteiger partial charge in [0.25, 0.3) is 0 Å². The summed E-state index contributed by atoms with van der Waals surface area (Å²) in [7, 11) is 0. The highest BCUT2D eigenvalue weighted by molar-refractivity contribution is 6.17. The Morgan fingerprint density at radius 3 is 2.75 bits per heavy atom. The minimum atomic E-state index is 0.359. The Morgan fingerprint density at radius 2 is 2.00 bits per heavy atom. The molecule has 16 heavy (non-hydrogen) atoms. The SMILES string of the molecule is CC(CCCl)CCN1CCCCCCC1=O. The number of hydrogen-bond acceptors (Lipinski definition) is 1. The number of rotatable bonds is 5. The van der Waals surface area contributed by atoms with Gasteiger partial charge in [0.05, 0.1) is 0 Å². The fraction of sp³-hybridized carbons (Fsp3) is 0.923. The van der Waals surface area contributed by atoms with Gasteiger partial charge in [-0.1, -0.05) is 19.8 Å². The van der Waals surface area contributed by atoms with E-state index in [2.05, 4.69) is 11.8 Å². The standard InChI is InChI=1S/C13H24ClNO/c1-12(7-9-14)8-11-15-10-5-3-2-4-6-13(15)16/h12H,2-11H2,1H3. The van der Waals surface area contributed by atoms with Crippen LogP contribution in [0.2, 0.25) is 0 Å². The van der Waals surface area contributed by atoms with Gasteiger partial charge in [0.2, 0.25) is 5.91 Å². The molecule has 1 atom stereocenters. The lowest BCUT2D eigenvalue weighted by molar-refractivity contribution is -0.132. The minimum absolute atomic E-state index is 0.359. The zero-order chi connectivity index (χ0) is 11.8. The Labute approximate surface area is 104 Å². The first-order valence-electron chi connectivity index (χ1n) is 6.57. The van der Waals surface area contributed by atoms with Crippen LogP contribution in [-0.2, 0) is 4.79 Å². The predicted molar refractivity (Wildman–Crippen MR) is 68.8 cm³/mol. The monoisotopic (exact) mass is 245 g/mol. The molecule has 3 heteroatoms. The van der Waals surface area contributed by atoms with Gasteiger partial charge in [-0.15, -0.1) is 11.6 Å². The van der Waals surface area contributed by atoms with E-state index in [0.717, 1.165) is 44.7 Å². The molecule has 1 fully saturated rings. The molecule has 1 aliphatic rings. The van der Waals surface area contributed by atoms with Crippen LogP contribution in [0.25, 0.3) is 0 Å². The molecule has 1 amide bonds. The van der Waals surface area contributed by atoms with E-state index in [1.165, 1.54) is 19.3 Å². The molecule has 1 aliphatic heterocycles. The summed E-state index contributed by atoms with van der Waals surface area (Å²) in [4.78, 5) is 13.9. The third kappa shape index (κ3) is 5.20. The average molecular weight is 246 g/mol.